The Morgan fingerprint density at radius 1 is 1.45 bits per heavy atom. The maximum absolute atomic E-state index is 11.6. The lowest BCUT2D eigenvalue weighted by atomic mass is 10.1. The third kappa shape index (κ3) is 3.22. The second-order valence-electron chi connectivity index (χ2n) is 4.14. The summed E-state index contributed by atoms with van der Waals surface area (Å²) < 4.78 is 4.50. The Morgan fingerprint density at radius 3 is 2.50 bits per heavy atom. The average molecular weight is 282 g/mol. The summed E-state index contributed by atoms with van der Waals surface area (Å²) >= 11 is 0. The number of carbonyl (C=O) groups excluding carboxylic acids is 1. The molecule has 1 aromatic carbocycles. The van der Waals surface area contributed by atoms with Gasteiger partial charge in [-0.15, -0.1) is 0 Å². The van der Waals surface area contributed by atoms with E-state index in [0.717, 1.165) is 7.11 Å². The predicted octanol–water partition coefficient (Wildman–Crippen LogP) is 1.57. The summed E-state index contributed by atoms with van der Waals surface area (Å²) in [5.41, 5.74) is -0.0515. The van der Waals surface area contributed by atoms with Crippen molar-refractivity contribution >= 4 is 23.3 Å². The molecule has 0 aromatic heterocycles. The minimum Gasteiger partial charge on any atom is -0.480 e. The van der Waals surface area contributed by atoms with Crippen LogP contribution in [-0.4, -0.2) is 35.1 Å². The molecule has 0 amide bonds. The van der Waals surface area contributed by atoms with Crippen molar-refractivity contribution in [1.29, 1.82) is 0 Å². The lowest BCUT2D eigenvalue weighted by Crippen LogP contribution is -2.25. The first-order valence-electron chi connectivity index (χ1n) is 5.64. The zero-order valence-electron chi connectivity index (χ0n) is 11.2. The maximum Gasteiger partial charge on any atom is 0.344 e. The number of rotatable bonds is 5. The highest BCUT2D eigenvalue weighted by molar-refractivity contribution is 5.96. The van der Waals surface area contributed by atoms with Gasteiger partial charge in [-0.1, -0.05) is 0 Å². The first kappa shape index (κ1) is 15.4. The molecule has 108 valence electrons. The van der Waals surface area contributed by atoms with E-state index in [9.17, 15) is 19.7 Å². The average Bonchev–Trinajstić information content (AvgIpc) is 2.36. The van der Waals surface area contributed by atoms with Crippen molar-refractivity contribution in [2.75, 3.05) is 12.4 Å². The number of benzene rings is 1. The van der Waals surface area contributed by atoms with Gasteiger partial charge in [0.2, 0.25) is 0 Å². The number of hydrogen-bond donors (Lipinski definition) is 2. The Kier molecular flexibility index (Phi) is 4.63. The molecule has 1 aromatic rings. The lowest BCUT2D eigenvalue weighted by Gasteiger charge is -2.13. The highest BCUT2D eigenvalue weighted by Crippen LogP contribution is 2.28. The standard InChI is InChI=1S/C12H14N2O6/c1-6-4-8(13-7(2)11(15)16)5-9(12(17)20-3)10(6)14(18)19/h4-5,7,13H,1-3H3,(H,15,16). The molecule has 0 bridgehead atoms. The van der Waals surface area contributed by atoms with Crippen LogP contribution >= 0.6 is 0 Å². The molecule has 1 rings (SSSR count). The maximum atomic E-state index is 11.6. The van der Waals surface area contributed by atoms with Crippen molar-refractivity contribution in [2.45, 2.75) is 19.9 Å². The largest absolute Gasteiger partial charge is 0.480 e. The van der Waals surface area contributed by atoms with Crippen LogP contribution in [0.3, 0.4) is 0 Å². The van der Waals surface area contributed by atoms with Crippen LogP contribution in [0.5, 0.6) is 0 Å². The SMILES string of the molecule is COC(=O)c1cc(NC(C)C(=O)O)cc(C)c1[N+](=O)[O-]. The fourth-order valence-corrected chi connectivity index (χ4v) is 1.68. The number of carboxylic acids is 1. The van der Waals surface area contributed by atoms with Crippen molar-refractivity contribution in [3.8, 4) is 0 Å². The Hall–Kier alpha value is -2.64. The van der Waals surface area contributed by atoms with Gasteiger partial charge < -0.3 is 15.2 Å². The highest BCUT2D eigenvalue weighted by Gasteiger charge is 2.25. The van der Waals surface area contributed by atoms with Crippen LogP contribution in [0, 0.1) is 17.0 Å². The molecule has 0 aliphatic heterocycles. The molecule has 20 heavy (non-hydrogen) atoms. The molecule has 0 saturated heterocycles. The second kappa shape index (κ2) is 6.00. The molecule has 1 unspecified atom stereocenters. The Labute approximate surface area is 114 Å². The van der Waals surface area contributed by atoms with E-state index in [0.29, 0.717) is 5.69 Å². The Balaban J connectivity index is 3.32. The fourth-order valence-electron chi connectivity index (χ4n) is 1.68. The van der Waals surface area contributed by atoms with E-state index < -0.39 is 22.9 Å². The number of nitro groups is 1. The molecule has 1 atom stereocenters. The number of anilines is 1. The zero-order chi connectivity index (χ0) is 15.4. The van der Waals surface area contributed by atoms with E-state index in [2.05, 4.69) is 10.1 Å². The second-order valence-corrected chi connectivity index (χ2v) is 4.14. The molecule has 0 aliphatic rings. The predicted molar refractivity (Wildman–Crippen MR) is 69.9 cm³/mol. The van der Waals surface area contributed by atoms with Crippen LogP contribution in [0.4, 0.5) is 11.4 Å². The topological polar surface area (TPSA) is 119 Å². The van der Waals surface area contributed by atoms with Crippen LogP contribution in [0.25, 0.3) is 0 Å². The molecule has 8 nitrogen and oxygen atoms in total. The van der Waals surface area contributed by atoms with Gasteiger partial charge in [-0.25, -0.2) is 4.79 Å². The summed E-state index contributed by atoms with van der Waals surface area (Å²) in [5.74, 6) is -1.94. The van der Waals surface area contributed by atoms with Crippen molar-refractivity contribution < 1.29 is 24.4 Å². The number of nitrogens with zero attached hydrogens (tertiary/aromatic N) is 1. The van der Waals surface area contributed by atoms with E-state index in [-0.39, 0.29) is 16.8 Å². The van der Waals surface area contributed by atoms with Crippen LogP contribution in [0.1, 0.15) is 22.8 Å². The lowest BCUT2D eigenvalue weighted by molar-refractivity contribution is -0.385. The summed E-state index contributed by atoms with van der Waals surface area (Å²) in [7, 11) is 1.11. The third-order valence-corrected chi connectivity index (χ3v) is 2.64. The number of methoxy groups -OCH3 is 1. The van der Waals surface area contributed by atoms with Gasteiger partial charge in [0.1, 0.15) is 11.6 Å². The molecule has 0 fully saturated rings. The number of nitrogens with one attached hydrogen (secondary N) is 1. The molecular formula is C12H14N2O6. The monoisotopic (exact) mass is 282 g/mol. The number of esters is 1. The molecule has 2 N–H and O–H groups in total. The summed E-state index contributed by atoms with van der Waals surface area (Å²) in [5, 5.41) is 22.4. The van der Waals surface area contributed by atoms with E-state index in [1.807, 2.05) is 0 Å². The summed E-state index contributed by atoms with van der Waals surface area (Å²) in [4.78, 5) is 32.7. The number of aryl methyl sites for hydroxylation is 1. The van der Waals surface area contributed by atoms with Gasteiger partial charge in [-0.3, -0.25) is 14.9 Å². The first-order valence-corrected chi connectivity index (χ1v) is 5.64. The molecule has 0 spiro atoms. The fraction of sp³-hybridized carbons (Fsp3) is 0.333. The van der Waals surface area contributed by atoms with Crippen LogP contribution in [0.15, 0.2) is 12.1 Å². The summed E-state index contributed by atoms with van der Waals surface area (Å²) in [6.45, 7) is 2.87. The number of hydrogen-bond acceptors (Lipinski definition) is 6. The van der Waals surface area contributed by atoms with Gasteiger partial charge in [0.25, 0.3) is 5.69 Å². The molecular weight excluding hydrogens is 268 g/mol. The number of ether oxygens (including phenoxy) is 1. The van der Waals surface area contributed by atoms with Crippen LogP contribution < -0.4 is 5.32 Å². The van der Waals surface area contributed by atoms with Gasteiger partial charge >= 0.3 is 11.9 Å². The normalized spacial score (nSPS) is 11.6. The van der Waals surface area contributed by atoms with Crippen molar-refractivity contribution in [1.82, 2.24) is 0 Å². The third-order valence-electron chi connectivity index (χ3n) is 2.64. The highest BCUT2D eigenvalue weighted by atomic mass is 16.6. The number of aliphatic carboxylic acids is 1. The molecule has 0 heterocycles. The summed E-state index contributed by atoms with van der Waals surface area (Å²) in [6.07, 6.45) is 0. The summed E-state index contributed by atoms with van der Waals surface area (Å²) in [6, 6.07) is 1.71. The number of carboxylic acid groups (broad SMARTS) is 1. The van der Waals surface area contributed by atoms with E-state index >= 15 is 0 Å². The van der Waals surface area contributed by atoms with Gasteiger partial charge in [0.15, 0.2) is 0 Å². The quantitative estimate of drug-likeness (QED) is 0.478. The molecule has 0 radical (unpaired) electrons. The van der Waals surface area contributed by atoms with E-state index in [4.69, 9.17) is 5.11 Å². The molecule has 0 aliphatic carbocycles. The molecule has 0 saturated carbocycles. The van der Waals surface area contributed by atoms with Crippen molar-refractivity contribution in [2.24, 2.45) is 0 Å². The van der Waals surface area contributed by atoms with Gasteiger partial charge in [-0.2, -0.15) is 0 Å². The van der Waals surface area contributed by atoms with Crippen LogP contribution in [-0.2, 0) is 9.53 Å². The van der Waals surface area contributed by atoms with E-state index in [1.165, 1.54) is 26.0 Å². The van der Waals surface area contributed by atoms with Crippen LogP contribution in [0.2, 0.25) is 0 Å². The van der Waals surface area contributed by atoms with E-state index in [1.54, 1.807) is 0 Å². The Morgan fingerprint density at radius 2 is 2.05 bits per heavy atom. The number of nitro benzene ring substituents is 1. The van der Waals surface area contributed by atoms with Gasteiger partial charge in [-0.05, 0) is 26.0 Å². The van der Waals surface area contributed by atoms with Gasteiger partial charge in [0.05, 0.1) is 12.0 Å². The zero-order valence-corrected chi connectivity index (χ0v) is 11.2. The number of carbonyl (C=O) groups is 2. The van der Waals surface area contributed by atoms with Crippen molar-refractivity contribution in [3.05, 3.63) is 33.4 Å². The molecule has 8 heteroatoms. The Bertz CT molecular complexity index is 569. The smallest absolute Gasteiger partial charge is 0.344 e. The minimum atomic E-state index is -1.08. The minimum absolute atomic E-state index is 0.224. The first-order chi connectivity index (χ1) is 9.27. The van der Waals surface area contributed by atoms with Crippen molar-refractivity contribution in [3.63, 3.8) is 0 Å². The van der Waals surface area contributed by atoms with Gasteiger partial charge in [0, 0.05) is 11.3 Å².